The van der Waals surface area contributed by atoms with Gasteiger partial charge >= 0.3 is 5.97 Å². The van der Waals surface area contributed by atoms with Crippen molar-refractivity contribution >= 4 is 29.2 Å². The normalized spacial score (nSPS) is 32.5. The van der Waals surface area contributed by atoms with Crippen LogP contribution >= 0.6 is 11.3 Å². The number of carbonyl (C=O) groups excluding carboxylic acids is 2. The number of cyclic esters (lactones) is 1. The summed E-state index contributed by atoms with van der Waals surface area (Å²) in [5.74, 6) is -1.18. The molecule has 1 saturated heterocycles. The Morgan fingerprint density at radius 1 is 1.12 bits per heavy atom. The second kappa shape index (κ2) is 12.6. The standard InChI is InChI=1S/C25H39NO5S/c1-15-7-6-8-21(27)10-11-22(17(3)13-20-14-32-19(5)26-20)31-23(28)12-9-16(2)25(30)18(4)24(15)29/h13-16,18,21-22,24,27,29H,6-12H2,1-5H3/b17-13+/t15-,16+,18+,21?,22-,24-/m0/s1. The number of carbonyl (C=O) groups is 2. The first-order valence-electron chi connectivity index (χ1n) is 11.8. The van der Waals surface area contributed by atoms with Gasteiger partial charge in [0, 0.05) is 23.6 Å². The molecule has 2 heterocycles. The number of hydrogen-bond donors (Lipinski definition) is 2. The smallest absolute Gasteiger partial charge is 0.306 e. The second-order valence-electron chi connectivity index (χ2n) is 9.42. The highest BCUT2D eigenvalue weighted by molar-refractivity contribution is 7.09. The molecule has 1 aliphatic heterocycles. The molecule has 1 fully saturated rings. The number of Topliss-reactive ketones (excluding diaryl/α,β-unsaturated/α-hetero) is 1. The minimum Gasteiger partial charge on any atom is -0.458 e. The summed E-state index contributed by atoms with van der Waals surface area (Å²) in [5, 5.41) is 24.0. The number of hydrogen-bond acceptors (Lipinski definition) is 7. The minimum atomic E-state index is -0.714. The molecule has 2 rings (SSSR count). The van der Waals surface area contributed by atoms with Gasteiger partial charge in [-0.05, 0) is 63.5 Å². The molecule has 7 heteroatoms. The van der Waals surface area contributed by atoms with Gasteiger partial charge in [0.1, 0.15) is 11.9 Å². The Balaban J connectivity index is 2.16. The van der Waals surface area contributed by atoms with Crippen molar-refractivity contribution in [2.24, 2.45) is 17.8 Å². The van der Waals surface area contributed by atoms with Crippen LogP contribution in [0.1, 0.15) is 83.3 Å². The molecule has 32 heavy (non-hydrogen) atoms. The molecule has 0 aromatic carbocycles. The third kappa shape index (κ3) is 8.09. The molecule has 2 N–H and O–H groups in total. The predicted molar refractivity (Wildman–Crippen MR) is 127 cm³/mol. The summed E-state index contributed by atoms with van der Waals surface area (Å²) in [6.07, 6.45) is 4.03. The highest BCUT2D eigenvalue weighted by atomic mass is 32.1. The van der Waals surface area contributed by atoms with Crippen LogP contribution in [0.3, 0.4) is 0 Å². The van der Waals surface area contributed by atoms with Gasteiger partial charge in [0.2, 0.25) is 0 Å². The van der Waals surface area contributed by atoms with E-state index in [2.05, 4.69) is 4.98 Å². The van der Waals surface area contributed by atoms with E-state index in [9.17, 15) is 19.8 Å². The van der Waals surface area contributed by atoms with Gasteiger partial charge in [-0.3, -0.25) is 9.59 Å². The molecule has 0 bridgehead atoms. The van der Waals surface area contributed by atoms with Crippen LogP contribution in [0.25, 0.3) is 6.08 Å². The van der Waals surface area contributed by atoms with Crippen molar-refractivity contribution in [1.82, 2.24) is 4.98 Å². The van der Waals surface area contributed by atoms with Gasteiger partial charge in [0.25, 0.3) is 0 Å². The lowest BCUT2D eigenvalue weighted by Gasteiger charge is -2.27. The van der Waals surface area contributed by atoms with Crippen LogP contribution in [0, 0.1) is 24.7 Å². The molecule has 1 aromatic rings. The van der Waals surface area contributed by atoms with E-state index in [1.165, 1.54) is 0 Å². The largest absolute Gasteiger partial charge is 0.458 e. The first-order chi connectivity index (χ1) is 15.1. The van der Waals surface area contributed by atoms with Gasteiger partial charge in [-0.25, -0.2) is 4.98 Å². The molecule has 1 aromatic heterocycles. The number of aryl methyl sites for hydroxylation is 1. The number of rotatable bonds is 2. The van der Waals surface area contributed by atoms with Crippen LogP contribution in [0.15, 0.2) is 11.0 Å². The molecule has 0 radical (unpaired) electrons. The van der Waals surface area contributed by atoms with Gasteiger partial charge in [0.15, 0.2) is 0 Å². The third-order valence-corrected chi connectivity index (χ3v) is 7.36. The van der Waals surface area contributed by atoms with Crippen molar-refractivity contribution in [2.75, 3.05) is 0 Å². The lowest BCUT2D eigenvalue weighted by Crippen LogP contribution is -2.34. The Bertz CT molecular complexity index is 789. The highest BCUT2D eigenvalue weighted by Crippen LogP contribution is 2.26. The monoisotopic (exact) mass is 465 g/mol. The van der Waals surface area contributed by atoms with Gasteiger partial charge in [-0.15, -0.1) is 11.3 Å². The Kier molecular flexibility index (Phi) is 10.5. The molecule has 0 aliphatic carbocycles. The first kappa shape index (κ1) is 26.7. The van der Waals surface area contributed by atoms with Crippen molar-refractivity contribution in [3.63, 3.8) is 0 Å². The Hall–Kier alpha value is -1.57. The summed E-state index contributed by atoms with van der Waals surface area (Å²) in [5.41, 5.74) is 1.74. The maximum absolute atomic E-state index is 12.8. The molecule has 0 amide bonds. The molecule has 180 valence electrons. The number of esters is 1. The molecular formula is C25H39NO5S. The number of ether oxygens (including phenoxy) is 1. The van der Waals surface area contributed by atoms with Crippen molar-refractivity contribution < 1.29 is 24.5 Å². The van der Waals surface area contributed by atoms with E-state index < -0.39 is 24.2 Å². The van der Waals surface area contributed by atoms with E-state index >= 15 is 0 Å². The minimum absolute atomic E-state index is 0.0178. The van der Waals surface area contributed by atoms with Crippen molar-refractivity contribution in [3.05, 3.63) is 21.7 Å². The zero-order valence-corrected chi connectivity index (χ0v) is 20.9. The second-order valence-corrected chi connectivity index (χ2v) is 10.5. The summed E-state index contributed by atoms with van der Waals surface area (Å²) in [4.78, 5) is 29.8. The maximum atomic E-state index is 12.8. The van der Waals surface area contributed by atoms with E-state index in [1.807, 2.05) is 39.2 Å². The number of aliphatic hydroxyl groups is 2. The number of thiazole rings is 1. The summed E-state index contributed by atoms with van der Waals surface area (Å²) in [6, 6.07) is 0. The van der Waals surface area contributed by atoms with E-state index in [0.29, 0.717) is 25.7 Å². The highest BCUT2D eigenvalue weighted by Gasteiger charge is 2.30. The van der Waals surface area contributed by atoms with Crippen LogP contribution in [0.5, 0.6) is 0 Å². The van der Waals surface area contributed by atoms with Gasteiger partial charge in [0.05, 0.1) is 22.9 Å². The Morgan fingerprint density at radius 3 is 2.50 bits per heavy atom. The number of aromatic nitrogens is 1. The van der Waals surface area contributed by atoms with Gasteiger partial charge in [-0.2, -0.15) is 0 Å². The molecular weight excluding hydrogens is 426 g/mol. The van der Waals surface area contributed by atoms with E-state index in [0.717, 1.165) is 29.1 Å². The zero-order chi connectivity index (χ0) is 23.8. The summed E-state index contributed by atoms with van der Waals surface area (Å²) >= 11 is 1.57. The lowest BCUT2D eigenvalue weighted by atomic mass is 9.82. The fraction of sp³-hybridized carbons (Fsp3) is 0.720. The molecule has 0 spiro atoms. The first-order valence-corrected chi connectivity index (χ1v) is 12.7. The average Bonchev–Trinajstić information content (AvgIpc) is 3.16. The topological polar surface area (TPSA) is 96.7 Å². The van der Waals surface area contributed by atoms with Crippen LogP contribution in [0.4, 0.5) is 0 Å². The average molecular weight is 466 g/mol. The number of aliphatic hydroxyl groups excluding tert-OH is 2. The van der Waals surface area contributed by atoms with E-state index in [-0.39, 0.29) is 30.0 Å². The van der Waals surface area contributed by atoms with Crippen molar-refractivity contribution in [3.8, 4) is 0 Å². The lowest BCUT2D eigenvalue weighted by molar-refractivity contribution is -0.148. The predicted octanol–water partition coefficient (Wildman–Crippen LogP) is 4.71. The Labute approximate surface area is 196 Å². The number of ketones is 1. The molecule has 1 aliphatic rings. The molecule has 6 atom stereocenters. The number of nitrogens with zero attached hydrogens (tertiary/aromatic N) is 1. The Morgan fingerprint density at radius 2 is 1.84 bits per heavy atom. The summed E-state index contributed by atoms with van der Waals surface area (Å²) < 4.78 is 5.79. The molecule has 1 unspecified atom stereocenters. The van der Waals surface area contributed by atoms with Crippen LogP contribution in [0.2, 0.25) is 0 Å². The summed E-state index contributed by atoms with van der Waals surface area (Å²) in [6.45, 7) is 9.41. The quantitative estimate of drug-likeness (QED) is 0.614. The maximum Gasteiger partial charge on any atom is 0.306 e. The molecule has 0 saturated carbocycles. The van der Waals surface area contributed by atoms with Crippen molar-refractivity contribution in [2.45, 2.75) is 97.9 Å². The van der Waals surface area contributed by atoms with Crippen molar-refractivity contribution in [1.29, 1.82) is 0 Å². The fourth-order valence-electron chi connectivity index (χ4n) is 4.29. The van der Waals surface area contributed by atoms with Gasteiger partial charge in [-0.1, -0.05) is 27.2 Å². The van der Waals surface area contributed by atoms with Crippen LogP contribution in [-0.4, -0.2) is 45.3 Å². The fourth-order valence-corrected chi connectivity index (χ4v) is 4.86. The third-order valence-electron chi connectivity index (χ3n) is 6.56. The SMILES string of the molecule is C/C(=C\c1csc(C)n1)[C@@H]1CCC(O)CCC[C@H](C)[C@H](O)[C@@H](C)C(=O)[C@H](C)CCC(=O)O1. The van der Waals surface area contributed by atoms with E-state index in [4.69, 9.17) is 4.74 Å². The zero-order valence-electron chi connectivity index (χ0n) is 20.0. The van der Waals surface area contributed by atoms with Crippen LogP contribution in [-0.2, 0) is 14.3 Å². The summed E-state index contributed by atoms with van der Waals surface area (Å²) in [7, 11) is 0. The van der Waals surface area contributed by atoms with Gasteiger partial charge < -0.3 is 14.9 Å². The van der Waals surface area contributed by atoms with E-state index in [1.54, 1.807) is 18.3 Å². The van der Waals surface area contributed by atoms with Crippen LogP contribution < -0.4 is 0 Å². The molecule has 6 nitrogen and oxygen atoms in total.